The molecule has 2 aliphatic rings. The molecule has 0 spiro atoms. The van der Waals surface area contributed by atoms with Gasteiger partial charge in [0, 0.05) is 12.5 Å². The first-order chi connectivity index (χ1) is 10.1. The van der Waals surface area contributed by atoms with Crippen LogP contribution in [0.25, 0.3) is 0 Å². The minimum Gasteiger partial charge on any atom is -0.468 e. The van der Waals surface area contributed by atoms with Crippen LogP contribution < -0.4 is 5.32 Å². The number of carbonyl (C=O) groups is 1. The minimum absolute atomic E-state index is 0.111. The van der Waals surface area contributed by atoms with Crippen LogP contribution >= 0.6 is 0 Å². The zero-order chi connectivity index (χ0) is 15.3. The smallest absolute Gasteiger partial charge is 0.326 e. The highest BCUT2D eigenvalue weighted by atomic mass is 16.5. The lowest BCUT2D eigenvalue weighted by atomic mass is 9.79. The van der Waals surface area contributed by atoms with E-state index in [1.165, 1.54) is 7.11 Å². The number of nitrogens with one attached hydrogen (secondary N) is 1. The van der Waals surface area contributed by atoms with Crippen LogP contribution in [0.4, 0.5) is 0 Å². The number of rotatable bonds is 8. The third kappa shape index (κ3) is 4.94. The molecule has 0 aliphatic heterocycles. The van der Waals surface area contributed by atoms with E-state index in [0.29, 0.717) is 25.7 Å². The number of esters is 1. The summed E-state index contributed by atoms with van der Waals surface area (Å²) in [4.78, 5) is 12.3. The van der Waals surface area contributed by atoms with Crippen molar-refractivity contribution in [3.05, 3.63) is 0 Å². The molecule has 2 fully saturated rings. The van der Waals surface area contributed by atoms with Crippen molar-refractivity contribution in [1.82, 2.24) is 5.32 Å². The fourth-order valence-electron chi connectivity index (χ4n) is 3.05. The molecule has 21 heavy (non-hydrogen) atoms. The molecule has 2 unspecified atom stereocenters. The zero-order valence-corrected chi connectivity index (χ0v) is 13.5. The summed E-state index contributed by atoms with van der Waals surface area (Å²) in [5.41, 5.74) is -0.544. The molecule has 2 atom stereocenters. The Balaban J connectivity index is 1.85. The first kappa shape index (κ1) is 16.7. The summed E-state index contributed by atoms with van der Waals surface area (Å²) >= 11 is 0. The lowest BCUT2D eigenvalue weighted by Gasteiger charge is -2.39. The maximum atomic E-state index is 12.3. The zero-order valence-electron chi connectivity index (χ0n) is 13.5. The van der Waals surface area contributed by atoms with E-state index >= 15 is 0 Å². The molecule has 0 aromatic carbocycles. The van der Waals surface area contributed by atoms with Crippen molar-refractivity contribution in [3.63, 3.8) is 0 Å². The Morgan fingerprint density at radius 3 is 2.67 bits per heavy atom. The van der Waals surface area contributed by atoms with Gasteiger partial charge in [0.15, 0.2) is 0 Å². The first-order valence-electron chi connectivity index (χ1n) is 8.15. The molecule has 122 valence electrons. The minimum atomic E-state index is -0.544. The summed E-state index contributed by atoms with van der Waals surface area (Å²) in [7, 11) is 1.47. The van der Waals surface area contributed by atoms with Crippen LogP contribution in [0.5, 0.6) is 0 Å². The van der Waals surface area contributed by atoms with Gasteiger partial charge < -0.3 is 14.2 Å². The molecule has 1 N–H and O–H groups in total. The number of hydrogen-bond donors (Lipinski definition) is 1. The number of ether oxygens (including phenoxy) is 3. The summed E-state index contributed by atoms with van der Waals surface area (Å²) in [5.74, 6) is -0.138. The number of hydrogen-bond acceptors (Lipinski definition) is 5. The predicted molar refractivity (Wildman–Crippen MR) is 80.2 cm³/mol. The van der Waals surface area contributed by atoms with Crippen LogP contribution in [0.15, 0.2) is 0 Å². The van der Waals surface area contributed by atoms with Crippen molar-refractivity contribution in [3.8, 4) is 0 Å². The average molecular weight is 299 g/mol. The molecule has 2 rings (SSSR count). The molecule has 2 saturated carbocycles. The van der Waals surface area contributed by atoms with Crippen molar-refractivity contribution in [1.29, 1.82) is 0 Å². The highest BCUT2D eigenvalue weighted by Crippen LogP contribution is 2.34. The summed E-state index contributed by atoms with van der Waals surface area (Å²) in [6.07, 6.45) is 6.21. The topological polar surface area (TPSA) is 56.8 Å². The molecule has 5 nitrogen and oxygen atoms in total. The number of methoxy groups -OCH3 is 1. The first-order valence-corrected chi connectivity index (χ1v) is 8.15. The molecule has 0 saturated heterocycles. The van der Waals surface area contributed by atoms with Crippen molar-refractivity contribution < 1.29 is 19.0 Å². The molecule has 0 bridgehead atoms. The van der Waals surface area contributed by atoms with Gasteiger partial charge in [0.05, 0.1) is 32.5 Å². The largest absolute Gasteiger partial charge is 0.468 e. The highest BCUT2D eigenvalue weighted by Gasteiger charge is 2.46. The maximum Gasteiger partial charge on any atom is 0.326 e. The molecular weight excluding hydrogens is 270 g/mol. The summed E-state index contributed by atoms with van der Waals surface area (Å²) in [6.45, 7) is 5.23. The van der Waals surface area contributed by atoms with E-state index in [2.05, 4.69) is 5.32 Å². The molecular formula is C16H29NO4. The van der Waals surface area contributed by atoms with E-state index in [1.54, 1.807) is 0 Å². The van der Waals surface area contributed by atoms with Gasteiger partial charge in [0.25, 0.3) is 0 Å². The van der Waals surface area contributed by atoms with Crippen molar-refractivity contribution >= 4 is 5.97 Å². The Morgan fingerprint density at radius 2 is 2.05 bits per heavy atom. The van der Waals surface area contributed by atoms with E-state index in [4.69, 9.17) is 14.2 Å². The second-order valence-electron chi connectivity index (χ2n) is 6.50. The van der Waals surface area contributed by atoms with Crippen LogP contribution in [-0.4, -0.2) is 50.1 Å². The van der Waals surface area contributed by atoms with Crippen LogP contribution in [0.3, 0.4) is 0 Å². The Labute approximate surface area is 127 Å². The Kier molecular flexibility index (Phi) is 6.02. The molecule has 0 aromatic heterocycles. The lowest BCUT2D eigenvalue weighted by Crippen LogP contribution is -2.57. The molecule has 0 aromatic rings. The van der Waals surface area contributed by atoms with Gasteiger partial charge in [-0.1, -0.05) is 0 Å². The molecule has 0 heterocycles. The summed E-state index contributed by atoms with van der Waals surface area (Å²) in [6, 6.07) is 0.479. The second kappa shape index (κ2) is 7.56. The number of carbonyl (C=O) groups excluding carboxylic acids is 1. The molecule has 2 aliphatic carbocycles. The average Bonchev–Trinajstić information content (AvgIpc) is 3.26. The van der Waals surface area contributed by atoms with Gasteiger partial charge in [0.1, 0.15) is 5.54 Å². The van der Waals surface area contributed by atoms with E-state index in [-0.39, 0.29) is 18.2 Å². The van der Waals surface area contributed by atoms with Gasteiger partial charge in [-0.2, -0.15) is 0 Å². The maximum absolute atomic E-state index is 12.3. The Morgan fingerprint density at radius 1 is 1.29 bits per heavy atom. The van der Waals surface area contributed by atoms with Gasteiger partial charge in [-0.05, 0) is 46.0 Å². The van der Waals surface area contributed by atoms with Crippen molar-refractivity contribution in [2.24, 2.45) is 0 Å². The van der Waals surface area contributed by atoms with Crippen LogP contribution in [0.2, 0.25) is 0 Å². The van der Waals surface area contributed by atoms with Crippen LogP contribution in [-0.2, 0) is 19.0 Å². The highest BCUT2D eigenvalue weighted by molar-refractivity contribution is 5.81. The quantitative estimate of drug-likeness (QED) is 0.549. The van der Waals surface area contributed by atoms with E-state index < -0.39 is 5.54 Å². The fourth-order valence-corrected chi connectivity index (χ4v) is 3.05. The van der Waals surface area contributed by atoms with Crippen molar-refractivity contribution in [2.75, 3.05) is 20.3 Å². The van der Waals surface area contributed by atoms with E-state index in [0.717, 1.165) is 32.1 Å². The molecule has 0 amide bonds. The standard InChI is InChI=1S/C16H29NO4/c1-12(2)20-9-10-21-14-5-4-8-16(11-14,15(18)19-3)17-13-6-7-13/h12-14,17H,4-11H2,1-3H3. The van der Waals surface area contributed by atoms with E-state index in [1.807, 2.05) is 13.8 Å². The SMILES string of the molecule is COC(=O)C1(NC2CC2)CCCC(OCCOC(C)C)C1. The van der Waals surface area contributed by atoms with Gasteiger partial charge in [-0.15, -0.1) is 0 Å². The fraction of sp³-hybridized carbons (Fsp3) is 0.938. The predicted octanol–water partition coefficient (Wildman–Crippen LogP) is 2.03. The van der Waals surface area contributed by atoms with Gasteiger partial charge in [-0.25, -0.2) is 0 Å². The third-order valence-corrected chi connectivity index (χ3v) is 4.23. The second-order valence-corrected chi connectivity index (χ2v) is 6.50. The summed E-state index contributed by atoms with van der Waals surface area (Å²) < 4.78 is 16.5. The van der Waals surface area contributed by atoms with Gasteiger partial charge in [0.2, 0.25) is 0 Å². The third-order valence-electron chi connectivity index (χ3n) is 4.23. The van der Waals surface area contributed by atoms with Crippen LogP contribution in [0.1, 0.15) is 52.4 Å². The Hall–Kier alpha value is -0.650. The van der Waals surface area contributed by atoms with Crippen molar-refractivity contribution in [2.45, 2.75) is 76.2 Å². The normalized spacial score (nSPS) is 29.6. The van der Waals surface area contributed by atoms with Gasteiger partial charge in [-0.3, -0.25) is 10.1 Å². The lowest BCUT2D eigenvalue weighted by molar-refractivity contribution is -0.153. The summed E-state index contributed by atoms with van der Waals surface area (Å²) in [5, 5.41) is 3.51. The molecule has 0 radical (unpaired) electrons. The monoisotopic (exact) mass is 299 g/mol. The van der Waals surface area contributed by atoms with Gasteiger partial charge >= 0.3 is 5.97 Å². The molecule has 5 heteroatoms. The Bertz CT molecular complexity index is 343. The van der Waals surface area contributed by atoms with E-state index in [9.17, 15) is 4.79 Å². The van der Waals surface area contributed by atoms with Crippen LogP contribution in [0, 0.1) is 0 Å².